The van der Waals surface area contributed by atoms with Crippen LogP contribution in [0.15, 0.2) is 42.5 Å². The van der Waals surface area contributed by atoms with Gasteiger partial charge in [-0.3, -0.25) is 4.90 Å². The normalized spacial score (nSPS) is 16.2. The van der Waals surface area contributed by atoms with Crippen LogP contribution in [0.4, 0.5) is 0 Å². The molecule has 0 aromatic heterocycles. The molecule has 1 atom stereocenters. The molecule has 2 aromatic rings. The van der Waals surface area contributed by atoms with Gasteiger partial charge in [0.2, 0.25) is 0 Å². The zero-order valence-corrected chi connectivity index (χ0v) is 18.5. The predicted octanol–water partition coefficient (Wildman–Crippen LogP) is 3.25. The van der Waals surface area contributed by atoms with Gasteiger partial charge in [-0.15, -0.1) is 0 Å². The van der Waals surface area contributed by atoms with Gasteiger partial charge in [0, 0.05) is 55.9 Å². The Morgan fingerprint density at radius 3 is 2.23 bits per heavy atom. The third-order valence-corrected chi connectivity index (χ3v) is 5.71. The summed E-state index contributed by atoms with van der Waals surface area (Å²) in [5, 5.41) is 13.7. The van der Waals surface area contributed by atoms with Crippen LogP contribution in [-0.4, -0.2) is 57.0 Å². The van der Waals surface area contributed by atoms with Crippen molar-refractivity contribution in [2.24, 2.45) is 5.41 Å². The summed E-state index contributed by atoms with van der Waals surface area (Å²) >= 11 is 0. The molecule has 6 nitrogen and oxygen atoms in total. The Bertz CT molecular complexity index is 804. The SMILES string of the molecule is COc1cc(OCc2ccccc2)c([C@H](N2CCNCC2)C(C)(C)CO)cc1OC. The van der Waals surface area contributed by atoms with Gasteiger partial charge in [-0.2, -0.15) is 0 Å². The van der Waals surface area contributed by atoms with Gasteiger partial charge in [0.1, 0.15) is 12.4 Å². The van der Waals surface area contributed by atoms with Crippen molar-refractivity contribution in [3.63, 3.8) is 0 Å². The molecule has 0 aliphatic carbocycles. The largest absolute Gasteiger partial charge is 0.493 e. The van der Waals surface area contributed by atoms with Crippen LogP contribution in [-0.2, 0) is 6.61 Å². The lowest BCUT2D eigenvalue weighted by molar-refractivity contribution is 0.0286. The van der Waals surface area contributed by atoms with E-state index in [1.54, 1.807) is 14.2 Å². The highest BCUT2D eigenvalue weighted by Crippen LogP contribution is 2.46. The number of aliphatic hydroxyl groups is 1. The molecule has 0 saturated carbocycles. The van der Waals surface area contributed by atoms with Crippen molar-refractivity contribution in [3.05, 3.63) is 53.6 Å². The molecule has 164 valence electrons. The summed E-state index contributed by atoms with van der Waals surface area (Å²) < 4.78 is 17.5. The molecule has 2 N–H and O–H groups in total. The molecule has 3 rings (SSSR count). The predicted molar refractivity (Wildman–Crippen MR) is 118 cm³/mol. The number of nitrogens with one attached hydrogen (secondary N) is 1. The fraction of sp³-hybridized carbons (Fsp3) is 0.500. The molecule has 1 aliphatic heterocycles. The molecule has 2 aromatic carbocycles. The van der Waals surface area contributed by atoms with Gasteiger partial charge >= 0.3 is 0 Å². The number of nitrogens with zero attached hydrogens (tertiary/aromatic N) is 1. The van der Waals surface area contributed by atoms with E-state index in [2.05, 4.69) is 24.1 Å². The van der Waals surface area contributed by atoms with E-state index < -0.39 is 0 Å². The molecule has 0 amide bonds. The van der Waals surface area contributed by atoms with Crippen LogP contribution in [0.3, 0.4) is 0 Å². The molecule has 0 radical (unpaired) electrons. The number of hydrogen-bond donors (Lipinski definition) is 2. The van der Waals surface area contributed by atoms with Gasteiger partial charge in [0.05, 0.1) is 14.2 Å². The third-order valence-electron chi connectivity index (χ3n) is 5.71. The number of benzene rings is 2. The Labute approximate surface area is 179 Å². The quantitative estimate of drug-likeness (QED) is 0.657. The van der Waals surface area contributed by atoms with Crippen LogP contribution in [0.5, 0.6) is 17.2 Å². The summed E-state index contributed by atoms with van der Waals surface area (Å²) in [5.74, 6) is 2.04. The number of methoxy groups -OCH3 is 2. The first-order chi connectivity index (χ1) is 14.5. The molecule has 1 fully saturated rings. The minimum Gasteiger partial charge on any atom is -0.493 e. The first-order valence-corrected chi connectivity index (χ1v) is 10.5. The van der Waals surface area contributed by atoms with E-state index in [4.69, 9.17) is 14.2 Å². The van der Waals surface area contributed by atoms with Crippen molar-refractivity contribution in [1.82, 2.24) is 10.2 Å². The van der Waals surface area contributed by atoms with Crippen LogP contribution in [0.25, 0.3) is 0 Å². The standard InChI is InChI=1S/C24H34N2O4/c1-24(2,17-27)23(26-12-10-25-11-13-26)19-14-21(28-3)22(29-4)15-20(19)30-16-18-8-6-5-7-9-18/h5-9,14-15,23,25,27H,10-13,16-17H2,1-4H3/t23-/m0/s1. The summed E-state index contributed by atoms with van der Waals surface area (Å²) in [7, 11) is 3.27. The second-order valence-corrected chi connectivity index (χ2v) is 8.35. The maximum Gasteiger partial charge on any atom is 0.164 e. The Kier molecular flexibility index (Phi) is 7.58. The third kappa shape index (κ3) is 5.06. The lowest BCUT2D eigenvalue weighted by Gasteiger charge is -2.44. The fourth-order valence-corrected chi connectivity index (χ4v) is 4.09. The number of ether oxygens (including phenoxy) is 3. The van der Waals surface area contributed by atoms with Crippen molar-refractivity contribution < 1.29 is 19.3 Å². The van der Waals surface area contributed by atoms with Crippen LogP contribution in [0.1, 0.15) is 31.0 Å². The Morgan fingerprint density at radius 1 is 1.00 bits per heavy atom. The van der Waals surface area contributed by atoms with Crippen molar-refractivity contribution in [2.75, 3.05) is 47.0 Å². The number of rotatable bonds is 9. The van der Waals surface area contributed by atoms with Gasteiger partial charge in [-0.25, -0.2) is 0 Å². The van der Waals surface area contributed by atoms with Gasteiger partial charge in [0.25, 0.3) is 0 Å². The summed E-state index contributed by atoms with van der Waals surface area (Å²) in [5.41, 5.74) is 1.73. The molecule has 30 heavy (non-hydrogen) atoms. The minimum atomic E-state index is -0.373. The summed E-state index contributed by atoms with van der Waals surface area (Å²) in [6, 6.07) is 14.0. The highest BCUT2D eigenvalue weighted by molar-refractivity contribution is 5.52. The van der Waals surface area contributed by atoms with Crippen LogP contribution < -0.4 is 19.5 Å². The van der Waals surface area contributed by atoms with Crippen LogP contribution in [0.2, 0.25) is 0 Å². The maximum atomic E-state index is 10.2. The molecular formula is C24H34N2O4. The first-order valence-electron chi connectivity index (χ1n) is 10.5. The smallest absolute Gasteiger partial charge is 0.164 e. The van der Waals surface area contributed by atoms with E-state index >= 15 is 0 Å². The lowest BCUT2D eigenvalue weighted by atomic mass is 9.79. The average Bonchev–Trinajstić information content (AvgIpc) is 2.79. The molecule has 0 unspecified atom stereocenters. The molecular weight excluding hydrogens is 380 g/mol. The highest BCUT2D eigenvalue weighted by Gasteiger charge is 2.38. The van der Waals surface area contributed by atoms with E-state index in [1.807, 2.05) is 42.5 Å². The zero-order chi connectivity index (χ0) is 21.6. The fourth-order valence-electron chi connectivity index (χ4n) is 4.09. The highest BCUT2D eigenvalue weighted by atomic mass is 16.5. The Balaban J connectivity index is 2.05. The number of aliphatic hydroxyl groups excluding tert-OH is 1. The lowest BCUT2D eigenvalue weighted by Crippen LogP contribution is -2.49. The molecule has 1 saturated heterocycles. The van der Waals surface area contributed by atoms with Gasteiger partial charge in [-0.1, -0.05) is 44.2 Å². The van der Waals surface area contributed by atoms with Gasteiger partial charge in [0.15, 0.2) is 11.5 Å². The average molecular weight is 415 g/mol. The van der Waals surface area contributed by atoms with Crippen molar-refractivity contribution in [1.29, 1.82) is 0 Å². The number of piperazine rings is 1. The van der Waals surface area contributed by atoms with Gasteiger partial charge < -0.3 is 24.6 Å². The molecule has 0 bridgehead atoms. The second-order valence-electron chi connectivity index (χ2n) is 8.35. The van der Waals surface area contributed by atoms with Crippen molar-refractivity contribution in [3.8, 4) is 17.2 Å². The van der Waals surface area contributed by atoms with E-state index in [0.717, 1.165) is 43.1 Å². The molecule has 1 heterocycles. The van der Waals surface area contributed by atoms with Crippen molar-refractivity contribution in [2.45, 2.75) is 26.5 Å². The topological polar surface area (TPSA) is 63.2 Å². The first kappa shape index (κ1) is 22.4. The summed E-state index contributed by atoms with van der Waals surface area (Å²) in [4.78, 5) is 2.42. The zero-order valence-electron chi connectivity index (χ0n) is 18.5. The number of hydrogen-bond acceptors (Lipinski definition) is 6. The van der Waals surface area contributed by atoms with Crippen LogP contribution >= 0.6 is 0 Å². The maximum absolute atomic E-state index is 10.2. The summed E-state index contributed by atoms with van der Waals surface area (Å²) in [6.45, 7) is 8.36. The molecule has 6 heteroatoms. The molecule has 0 spiro atoms. The van der Waals surface area contributed by atoms with E-state index in [-0.39, 0.29) is 18.1 Å². The monoisotopic (exact) mass is 414 g/mol. The Morgan fingerprint density at radius 2 is 1.63 bits per heavy atom. The van der Waals surface area contributed by atoms with E-state index in [0.29, 0.717) is 18.1 Å². The molecule has 1 aliphatic rings. The minimum absolute atomic E-state index is 0.0322. The van der Waals surface area contributed by atoms with E-state index in [1.165, 1.54) is 0 Å². The van der Waals surface area contributed by atoms with E-state index in [9.17, 15) is 5.11 Å². The second kappa shape index (κ2) is 10.2. The Hall–Kier alpha value is -2.28. The van der Waals surface area contributed by atoms with Gasteiger partial charge in [-0.05, 0) is 11.6 Å². The summed E-state index contributed by atoms with van der Waals surface area (Å²) in [6.07, 6.45) is 0. The van der Waals surface area contributed by atoms with Crippen molar-refractivity contribution >= 4 is 0 Å². The van der Waals surface area contributed by atoms with Crippen LogP contribution in [0, 0.1) is 5.41 Å².